The topological polar surface area (TPSA) is 107 Å². The number of aromatic nitrogens is 1. The van der Waals surface area contributed by atoms with Crippen LogP contribution in [0.5, 0.6) is 11.5 Å². The summed E-state index contributed by atoms with van der Waals surface area (Å²) in [5.74, 6) is 0.724. The summed E-state index contributed by atoms with van der Waals surface area (Å²) in [4.78, 5) is 17.4. The number of rotatable bonds is 5. The summed E-state index contributed by atoms with van der Waals surface area (Å²) in [7, 11) is -3.91. The van der Waals surface area contributed by atoms with Crippen LogP contribution in [-0.2, 0) is 10.0 Å². The number of fused-ring (bicyclic) bond motifs is 2. The molecule has 32 heavy (non-hydrogen) atoms. The average Bonchev–Trinajstić information content (AvgIpc) is 3.37. The van der Waals surface area contributed by atoms with E-state index in [1.165, 1.54) is 47.7 Å². The van der Waals surface area contributed by atoms with Crippen LogP contribution in [0.1, 0.15) is 10.4 Å². The van der Waals surface area contributed by atoms with Gasteiger partial charge in [-0.05, 0) is 36.4 Å². The summed E-state index contributed by atoms with van der Waals surface area (Å²) >= 11 is 7.11. The maximum Gasteiger partial charge on any atom is 0.261 e. The fraction of sp³-hybridized carbons (Fsp3) is 0.0476. The Kier molecular flexibility index (Phi) is 5.12. The Bertz CT molecular complexity index is 1410. The highest BCUT2D eigenvalue weighted by molar-refractivity contribution is 7.92. The van der Waals surface area contributed by atoms with E-state index in [1.54, 1.807) is 24.3 Å². The largest absolute Gasteiger partial charge is 0.454 e. The van der Waals surface area contributed by atoms with Crippen molar-refractivity contribution >= 4 is 59.9 Å². The average molecular weight is 488 g/mol. The van der Waals surface area contributed by atoms with Crippen LogP contribution >= 0.6 is 22.9 Å². The molecule has 0 spiro atoms. The van der Waals surface area contributed by atoms with Crippen molar-refractivity contribution in [2.24, 2.45) is 0 Å². The minimum atomic E-state index is -3.91. The van der Waals surface area contributed by atoms with E-state index in [0.717, 1.165) is 4.70 Å². The molecule has 0 aliphatic carbocycles. The molecule has 0 unspecified atom stereocenters. The van der Waals surface area contributed by atoms with Crippen LogP contribution in [0.15, 0.2) is 65.6 Å². The van der Waals surface area contributed by atoms with Crippen molar-refractivity contribution in [3.05, 3.63) is 71.2 Å². The van der Waals surface area contributed by atoms with Gasteiger partial charge in [0.05, 0.1) is 26.4 Å². The smallest absolute Gasteiger partial charge is 0.261 e. The third kappa shape index (κ3) is 3.95. The highest BCUT2D eigenvalue weighted by atomic mass is 35.5. The van der Waals surface area contributed by atoms with Gasteiger partial charge in [0.1, 0.15) is 0 Å². The Morgan fingerprint density at radius 1 is 1.03 bits per heavy atom. The van der Waals surface area contributed by atoms with Crippen LogP contribution < -0.4 is 19.5 Å². The van der Waals surface area contributed by atoms with Crippen LogP contribution in [0.25, 0.3) is 10.2 Å². The van der Waals surface area contributed by atoms with E-state index in [4.69, 9.17) is 21.1 Å². The van der Waals surface area contributed by atoms with Gasteiger partial charge >= 0.3 is 0 Å². The molecule has 0 fully saturated rings. The fourth-order valence-electron chi connectivity index (χ4n) is 3.12. The van der Waals surface area contributed by atoms with E-state index < -0.39 is 15.9 Å². The zero-order chi connectivity index (χ0) is 22.3. The van der Waals surface area contributed by atoms with Gasteiger partial charge in [-0.1, -0.05) is 35.1 Å². The molecule has 0 saturated heterocycles. The van der Waals surface area contributed by atoms with Gasteiger partial charge in [-0.25, -0.2) is 13.4 Å². The lowest BCUT2D eigenvalue weighted by Crippen LogP contribution is -2.18. The molecule has 5 rings (SSSR count). The molecule has 0 bridgehead atoms. The van der Waals surface area contributed by atoms with Crippen molar-refractivity contribution in [3.8, 4) is 11.5 Å². The Balaban J connectivity index is 1.40. The summed E-state index contributed by atoms with van der Waals surface area (Å²) in [5, 5.41) is 3.51. The third-order valence-electron chi connectivity index (χ3n) is 4.64. The number of para-hydroxylation sites is 1. The van der Waals surface area contributed by atoms with Crippen molar-refractivity contribution in [2.75, 3.05) is 16.8 Å². The summed E-state index contributed by atoms with van der Waals surface area (Å²) in [6.07, 6.45) is 0. The number of hydrogen-bond donors (Lipinski definition) is 2. The van der Waals surface area contributed by atoms with Gasteiger partial charge in [-0.15, -0.1) is 0 Å². The minimum Gasteiger partial charge on any atom is -0.454 e. The summed E-state index contributed by atoms with van der Waals surface area (Å²) in [6.45, 7) is 0.166. The first kappa shape index (κ1) is 20.6. The molecule has 1 aromatic heterocycles. The normalized spacial score (nSPS) is 12.7. The first-order valence-electron chi connectivity index (χ1n) is 9.28. The number of thiazole rings is 1. The molecular weight excluding hydrogens is 474 g/mol. The second-order valence-electron chi connectivity index (χ2n) is 6.75. The highest BCUT2D eigenvalue weighted by Crippen LogP contribution is 2.39. The van der Waals surface area contributed by atoms with Crippen LogP contribution in [0, 0.1) is 0 Å². The van der Waals surface area contributed by atoms with Crippen molar-refractivity contribution < 1.29 is 22.7 Å². The van der Waals surface area contributed by atoms with Gasteiger partial charge in [0, 0.05) is 17.2 Å². The van der Waals surface area contributed by atoms with Gasteiger partial charge in [0.2, 0.25) is 6.79 Å². The van der Waals surface area contributed by atoms with E-state index >= 15 is 0 Å². The van der Waals surface area contributed by atoms with E-state index in [-0.39, 0.29) is 22.9 Å². The molecule has 8 nitrogen and oxygen atoms in total. The van der Waals surface area contributed by atoms with Gasteiger partial charge in [-0.2, -0.15) is 0 Å². The number of amides is 1. The fourth-order valence-corrected chi connectivity index (χ4v) is 5.20. The van der Waals surface area contributed by atoms with Gasteiger partial charge in [-0.3, -0.25) is 14.8 Å². The molecular formula is C21H14ClN3O5S2. The molecule has 1 amide bonds. The number of nitrogens with one attached hydrogen (secondary N) is 2. The van der Waals surface area contributed by atoms with E-state index in [1.807, 2.05) is 0 Å². The lowest BCUT2D eigenvalue weighted by atomic mass is 10.2. The summed E-state index contributed by atoms with van der Waals surface area (Å²) in [5.41, 5.74) is 0.951. The van der Waals surface area contributed by atoms with Crippen molar-refractivity contribution in [1.29, 1.82) is 0 Å². The number of sulfonamides is 1. The number of hydrogen-bond acceptors (Lipinski definition) is 7. The zero-order valence-corrected chi connectivity index (χ0v) is 18.6. The number of ether oxygens (including phenoxy) is 2. The quantitative estimate of drug-likeness (QED) is 0.421. The van der Waals surface area contributed by atoms with Crippen LogP contribution in [-0.4, -0.2) is 26.1 Å². The standard InChI is InChI=1S/C21H14ClN3O5S2/c22-12-5-7-13(8-6-12)32(27,28)25-15-4-2-1-3-14(15)20(26)24-21-23-16-9-17-18(30-11-29-17)10-19(16)31-21/h1-10,25H,11H2,(H,23,24,26). The number of nitrogens with zero attached hydrogens (tertiary/aromatic N) is 1. The molecule has 3 aromatic carbocycles. The molecule has 2 heterocycles. The lowest BCUT2D eigenvalue weighted by molar-refractivity contribution is 0.102. The van der Waals surface area contributed by atoms with E-state index in [2.05, 4.69) is 15.0 Å². The first-order chi connectivity index (χ1) is 15.4. The molecule has 0 atom stereocenters. The maximum absolute atomic E-state index is 12.9. The summed E-state index contributed by atoms with van der Waals surface area (Å²) < 4.78 is 39.5. The number of carbonyl (C=O) groups excluding carboxylic acids is 1. The summed E-state index contributed by atoms with van der Waals surface area (Å²) in [6, 6.07) is 15.6. The molecule has 1 aliphatic heterocycles. The van der Waals surface area contributed by atoms with Crippen molar-refractivity contribution in [3.63, 3.8) is 0 Å². The number of anilines is 2. The predicted molar refractivity (Wildman–Crippen MR) is 122 cm³/mol. The van der Waals surface area contributed by atoms with Crippen molar-refractivity contribution in [1.82, 2.24) is 4.98 Å². The Morgan fingerprint density at radius 2 is 1.75 bits per heavy atom. The second-order valence-corrected chi connectivity index (χ2v) is 9.90. The highest BCUT2D eigenvalue weighted by Gasteiger charge is 2.21. The molecule has 1 aliphatic rings. The van der Waals surface area contributed by atoms with Crippen molar-refractivity contribution in [2.45, 2.75) is 4.90 Å². The number of halogens is 1. The predicted octanol–water partition coefficient (Wildman–Crippen LogP) is 4.73. The van der Waals surface area contributed by atoms with Crippen LogP contribution in [0.2, 0.25) is 5.02 Å². The monoisotopic (exact) mass is 487 g/mol. The Hall–Kier alpha value is -3.34. The van der Waals surface area contributed by atoms with Crippen LogP contribution in [0.4, 0.5) is 10.8 Å². The molecule has 2 N–H and O–H groups in total. The van der Waals surface area contributed by atoms with E-state index in [9.17, 15) is 13.2 Å². The number of carbonyl (C=O) groups is 1. The SMILES string of the molecule is O=C(Nc1nc2cc3c(cc2s1)OCO3)c1ccccc1NS(=O)(=O)c1ccc(Cl)cc1. The molecule has 162 valence electrons. The lowest BCUT2D eigenvalue weighted by Gasteiger charge is -2.12. The Labute approximate surface area is 191 Å². The third-order valence-corrected chi connectivity index (χ3v) is 7.21. The minimum absolute atomic E-state index is 0.0285. The van der Waals surface area contributed by atoms with Crippen LogP contribution in [0.3, 0.4) is 0 Å². The maximum atomic E-state index is 12.9. The van der Waals surface area contributed by atoms with Gasteiger partial charge < -0.3 is 9.47 Å². The zero-order valence-electron chi connectivity index (χ0n) is 16.2. The molecule has 0 saturated carbocycles. The molecule has 11 heteroatoms. The number of benzene rings is 3. The molecule has 0 radical (unpaired) electrons. The van der Waals surface area contributed by atoms with Gasteiger partial charge in [0.15, 0.2) is 16.6 Å². The molecule has 4 aromatic rings. The van der Waals surface area contributed by atoms with Gasteiger partial charge in [0.25, 0.3) is 15.9 Å². The van der Waals surface area contributed by atoms with E-state index in [0.29, 0.717) is 27.2 Å². The first-order valence-corrected chi connectivity index (χ1v) is 12.0. The Morgan fingerprint density at radius 3 is 2.53 bits per heavy atom. The second kappa shape index (κ2) is 7.97.